The Kier molecular flexibility index (Phi) is 7.12. The van der Waals surface area contributed by atoms with Gasteiger partial charge < -0.3 is 5.11 Å². The molecule has 4 unspecified atom stereocenters. The van der Waals surface area contributed by atoms with E-state index in [1.807, 2.05) is 0 Å². The second-order valence-electron chi connectivity index (χ2n) is 12.6. The molecule has 0 aliphatic heterocycles. The number of ketones is 1. The van der Waals surface area contributed by atoms with Gasteiger partial charge in [0, 0.05) is 5.41 Å². The average Bonchev–Trinajstić information content (AvgIpc) is 3.49. The quantitative estimate of drug-likeness (QED) is 0.396. The van der Waals surface area contributed by atoms with E-state index in [1.54, 1.807) is 6.92 Å². The molecule has 0 amide bonds. The summed E-state index contributed by atoms with van der Waals surface area (Å²) in [6.07, 6.45) is 19.4. The predicted molar refractivity (Wildman–Crippen MR) is 133 cm³/mol. The molecule has 4 aliphatic rings. The monoisotopic (exact) mass is 440 g/mol. The molecule has 2 heteroatoms. The van der Waals surface area contributed by atoms with Crippen molar-refractivity contribution in [2.24, 2.45) is 46.3 Å². The number of hydrogen-bond acceptors (Lipinski definition) is 2. The lowest BCUT2D eigenvalue weighted by atomic mass is 9.59. The van der Waals surface area contributed by atoms with E-state index in [0.717, 1.165) is 43.4 Å². The van der Waals surface area contributed by atoms with Crippen molar-refractivity contribution in [3.8, 4) is 0 Å². The van der Waals surface area contributed by atoms with Crippen LogP contribution in [0.15, 0.2) is 24.3 Å². The second kappa shape index (κ2) is 9.40. The van der Waals surface area contributed by atoms with Gasteiger partial charge in [-0.25, -0.2) is 0 Å². The fourth-order valence-electron chi connectivity index (χ4n) is 8.34. The molecule has 4 aliphatic carbocycles. The zero-order valence-corrected chi connectivity index (χ0v) is 21.2. The molecule has 4 fully saturated rings. The smallest absolute Gasteiger partial charge is 0.136 e. The molecule has 0 aromatic carbocycles. The molecule has 4 rings (SSSR count). The van der Waals surface area contributed by atoms with Gasteiger partial charge in [0.05, 0.1) is 6.10 Å². The van der Waals surface area contributed by atoms with E-state index >= 15 is 0 Å². The van der Waals surface area contributed by atoms with Crippen LogP contribution >= 0.6 is 0 Å². The third-order valence-electron chi connectivity index (χ3n) is 10.9. The fourth-order valence-corrected chi connectivity index (χ4v) is 8.34. The summed E-state index contributed by atoms with van der Waals surface area (Å²) in [5, 5.41) is 10.3. The van der Waals surface area contributed by atoms with E-state index in [-0.39, 0.29) is 11.5 Å². The van der Waals surface area contributed by atoms with E-state index in [9.17, 15) is 9.90 Å². The Hall–Kier alpha value is -0.890. The van der Waals surface area contributed by atoms with Gasteiger partial charge in [-0.1, -0.05) is 57.9 Å². The number of aliphatic hydroxyl groups is 1. The number of hydrogen-bond donors (Lipinski definition) is 1. The highest BCUT2D eigenvalue weighted by Gasteiger charge is 2.51. The maximum Gasteiger partial charge on any atom is 0.136 e. The number of carbonyl (C=O) groups is 1. The first-order valence-corrected chi connectivity index (χ1v) is 13.7. The molecule has 0 heterocycles. The van der Waals surface area contributed by atoms with Gasteiger partial charge in [-0.05, 0) is 112 Å². The van der Waals surface area contributed by atoms with Crippen molar-refractivity contribution >= 4 is 5.78 Å². The van der Waals surface area contributed by atoms with Crippen molar-refractivity contribution in [3.63, 3.8) is 0 Å². The minimum absolute atomic E-state index is 0.0251. The van der Waals surface area contributed by atoms with Crippen LogP contribution in [0.25, 0.3) is 0 Å². The van der Waals surface area contributed by atoms with Gasteiger partial charge >= 0.3 is 0 Å². The molecule has 4 saturated carbocycles. The molecule has 0 aromatic rings. The van der Waals surface area contributed by atoms with Crippen molar-refractivity contribution < 1.29 is 9.90 Å². The summed E-state index contributed by atoms with van der Waals surface area (Å²) in [4.78, 5) is 12.0. The third kappa shape index (κ3) is 4.55. The largest absolute Gasteiger partial charge is 0.393 e. The first-order chi connectivity index (χ1) is 15.2. The number of allylic oxidation sites excluding steroid dienone is 3. The van der Waals surface area contributed by atoms with E-state index < -0.39 is 0 Å². The van der Waals surface area contributed by atoms with Crippen molar-refractivity contribution in [2.75, 3.05) is 0 Å². The van der Waals surface area contributed by atoms with Gasteiger partial charge in [0.1, 0.15) is 5.78 Å². The Bertz CT molecular complexity index is 731. The number of Topliss-reactive ketones (excluding diaryl/α,β-unsaturated/α-hetero) is 1. The van der Waals surface area contributed by atoms with Crippen LogP contribution in [-0.2, 0) is 4.79 Å². The van der Waals surface area contributed by atoms with Gasteiger partial charge in [0.15, 0.2) is 0 Å². The maximum atomic E-state index is 12.0. The number of rotatable bonds is 8. The molecule has 32 heavy (non-hydrogen) atoms. The maximum absolute atomic E-state index is 12.0. The number of fused-ring (bicyclic) bond motifs is 1. The van der Waals surface area contributed by atoms with E-state index in [4.69, 9.17) is 0 Å². The summed E-state index contributed by atoms with van der Waals surface area (Å²) >= 11 is 0. The minimum Gasteiger partial charge on any atom is -0.393 e. The van der Waals surface area contributed by atoms with Crippen LogP contribution in [0, 0.1) is 46.3 Å². The van der Waals surface area contributed by atoms with E-state index in [1.165, 1.54) is 56.9 Å². The molecule has 0 saturated heterocycles. The molecule has 0 spiro atoms. The normalized spacial score (nSPS) is 42.1. The highest BCUT2D eigenvalue weighted by Crippen LogP contribution is 2.60. The van der Waals surface area contributed by atoms with Crippen molar-refractivity contribution in [3.05, 3.63) is 24.3 Å². The highest BCUT2D eigenvalue weighted by molar-refractivity contribution is 5.85. The SMILES string of the molecule is C=C1C(CCC2CCC[C@]3(C)C(C/C=C/[C@@H](C)C4(C(C)=O)CC4)CCC23)C[C@@H](O)C[C@@H]1C. The second-order valence-corrected chi connectivity index (χ2v) is 12.6. The topological polar surface area (TPSA) is 37.3 Å². The van der Waals surface area contributed by atoms with Gasteiger partial charge in [-0.15, -0.1) is 0 Å². The molecule has 8 atom stereocenters. The number of carbonyl (C=O) groups excluding carboxylic acids is 1. The zero-order valence-electron chi connectivity index (χ0n) is 21.2. The van der Waals surface area contributed by atoms with Crippen molar-refractivity contribution in [1.29, 1.82) is 0 Å². The third-order valence-corrected chi connectivity index (χ3v) is 10.9. The van der Waals surface area contributed by atoms with Gasteiger partial charge in [-0.3, -0.25) is 4.79 Å². The molecular weight excluding hydrogens is 392 g/mol. The molecule has 0 bridgehead atoms. The summed E-state index contributed by atoms with van der Waals surface area (Å²) in [5.74, 6) is 4.32. The Labute approximate surface area is 197 Å². The standard InChI is InChI=1S/C30H48O2/c1-20-18-27(32)19-25(22(20)3)12-11-24-9-7-15-29(5)26(13-14-28(24)29)10-6-8-21(2)30(16-17-30)23(4)31/h6,8,20-21,24-28,32H,3,7,9-19H2,1-2,4-5H3/b8-6+/t20-,21+,24?,25?,26?,27-,28?,29+/m0/s1. The predicted octanol–water partition coefficient (Wildman–Crippen LogP) is 7.51. The number of aliphatic hydroxyl groups excluding tert-OH is 1. The van der Waals surface area contributed by atoms with Crippen LogP contribution in [0.1, 0.15) is 105 Å². The molecular formula is C30H48O2. The van der Waals surface area contributed by atoms with Gasteiger partial charge in [-0.2, -0.15) is 0 Å². The zero-order chi connectivity index (χ0) is 23.1. The van der Waals surface area contributed by atoms with Gasteiger partial charge in [0.2, 0.25) is 0 Å². The average molecular weight is 441 g/mol. The summed E-state index contributed by atoms with van der Waals surface area (Å²) in [7, 11) is 0. The molecule has 0 aromatic heterocycles. The van der Waals surface area contributed by atoms with E-state index in [0.29, 0.717) is 29.0 Å². The molecule has 0 radical (unpaired) electrons. The lowest BCUT2D eigenvalue weighted by Crippen LogP contribution is -2.37. The lowest BCUT2D eigenvalue weighted by Gasteiger charge is -2.46. The van der Waals surface area contributed by atoms with E-state index in [2.05, 4.69) is 39.5 Å². The molecule has 180 valence electrons. The molecule has 2 nitrogen and oxygen atoms in total. The lowest BCUT2D eigenvalue weighted by molar-refractivity contribution is -0.123. The van der Waals surface area contributed by atoms with Crippen LogP contribution in [-0.4, -0.2) is 17.0 Å². The summed E-state index contributed by atoms with van der Waals surface area (Å²) in [5.41, 5.74) is 1.87. The Morgan fingerprint density at radius 1 is 1.19 bits per heavy atom. The van der Waals surface area contributed by atoms with Crippen molar-refractivity contribution in [2.45, 2.75) is 111 Å². The summed E-state index contributed by atoms with van der Waals surface area (Å²) < 4.78 is 0. The summed E-state index contributed by atoms with van der Waals surface area (Å²) in [6, 6.07) is 0. The first kappa shape index (κ1) is 24.2. The highest BCUT2D eigenvalue weighted by atomic mass is 16.3. The van der Waals surface area contributed by atoms with Crippen LogP contribution in [0.5, 0.6) is 0 Å². The van der Waals surface area contributed by atoms with Crippen LogP contribution in [0.2, 0.25) is 0 Å². The van der Waals surface area contributed by atoms with Crippen LogP contribution in [0.3, 0.4) is 0 Å². The Morgan fingerprint density at radius 3 is 2.62 bits per heavy atom. The fraction of sp³-hybridized carbons (Fsp3) is 0.833. The summed E-state index contributed by atoms with van der Waals surface area (Å²) in [6.45, 7) is 13.3. The Balaban J connectivity index is 1.33. The first-order valence-electron chi connectivity index (χ1n) is 13.7. The Morgan fingerprint density at radius 2 is 1.94 bits per heavy atom. The van der Waals surface area contributed by atoms with Crippen LogP contribution < -0.4 is 0 Å². The van der Waals surface area contributed by atoms with Crippen molar-refractivity contribution in [1.82, 2.24) is 0 Å². The van der Waals surface area contributed by atoms with Crippen LogP contribution in [0.4, 0.5) is 0 Å². The van der Waals surface area contributed by atoms with Gasteiger partial charge in [0.25, 0.3) is 0 Å². The minimum atomic E-state index is -0.125. The molecule has 1 N–H and O–H groups in total.